The Balaban J connectivity index is 1.06. The van der Waals surface area contributed by atoms with Crippen molar-refractivity contribution in [1.82, 2.24) is 0 Å². The van der Waals surface area contributed by atoms with Crippen LogP contribution in [0, 0.1) is 69.8 Å². The van der Waals surface area contributed by atoms with E-state index in [4.69, 9.17) is 0 Å². The molecule has 0 bridgehead atoms. The molecule has 2 heterocycles. The van der Waals surface area contributed by atoms with Crippen molar-refractivity contribution in [2.45, 2.75) is 26.2 Å². The summed E-state index contributed by atoms with van der Waals surface area (Å²) in [5.41, 5.74) is 8.95. The number of quaternary nitrogens is 1. The minimum absolute atomic E-state index is 0.118. The van der Waals surface area contributed by atoms with Crippen LogP contribution in [0.2, 0.25) is 0 Å². The highest BCUT2D eigenvalue weighted by Crippen LogP contribution is 2.54. The summed E-state index contributed by atoms with van der Waals surface area (Å²) in [4.78, 5) is 0. The van der Waals surface area contributed by atoms with E-state index in [-0.39, 0.29) is 62.1 Å². The van der Waals surface area contributed by atoms with Gasteiger partial charge in [0.05, 0.1) is 0 Å². The van der Waals surface area contributed by atoms with Crippen molar-refractivity contribution in [2.24, 2.45) is 0 Å². The smallest absolute Gasteiger partial charge is 0.194 e. The van der Waals surface area contributed by atoms with E-state index in [9.17, 15) is 17.6 Å². The maximum absolute atomic E-state index is 15.5. The molecule has 0 amide bonds. The summed E-state index contributed by atoms with van der Waals surface area (Å²) < 4.78 is 183. The van der Waals surface area contributed by atoms with Crippen LogP contribution in [0.15, 0.2) is 218 Å². The lowest BCUT2D eigenvalue weighted by molar-refractivity contribution is -0.977. The minimum atomic E-state index is -1.71. The first-order valence-electron chi connectivity index (χ1n) is 29.8. The molecule has 2 aliphatic heterocycles. The van der Waals surface area contributed by atoms with Crippen molar-refractivity contribution in [1.29, 1.82) is 0 Å². The van der Waals surface area contributed by atoms with Crippen LogP contribution in [-0.2, 0) is 26.2 Å². The highest BCUT2D eigenvalue weighted by Gasteiger charge is 2.42. The van der Waals surface area contributed by atoms with Crippen molar-refractivity contribution in [3.63, 3.8) is 0 Å². The van der Waals surface area contributed by atoms with Crippen molar-refractivity contribution >= 4 is 43.1 Å². The van der Waals surface area contributed by atoms with Gasteiger partial charge in [0.15, 0.2) is 69.8 Å². The summed E-state index contributed by atoms with van der Waals surface area (Å²) in [5, 5.41) is 7.01. The van der Waals surface area contributed by atoms with E-state index in [1.807, 2.05) is 84.9 Å². The molecule has 1 nitrogen and oxygen atoms in total. The molecule has 13 heteroatoms. The third kappa shape index (κ3) is 9.54. The van der Waals surface area contributed by atoms with Crippen molar-refractivity contribution < 1.29 is 57.2 Å². The predicted molar refractivity (Wildman–Crippen MR) is 341 cm³/mol. The Morgan fingerprint density at radius 2 is 0.462 bits per heavy atom. The number of rotatable bonds is 6. The Hall–Kier alpha value is -10.8. The zero-order chi connectivity index (χ0) is 63.9. The van der Waals surface area contributed by atoms with Crippen LogP contribution in [0.5, 0.6) is 0 Å². The quantitative estimate of drug-likeness (QED) is 0.0884. The topological polar surface area (TPSA) is 0 Å². The molecule has 16 rings (SSSR count). The number of fused-ring (bicyclic) bond motifs is 14. The number of nitrogens with zero attached hydrogens (tertiary/aromatic N) is 1. The van der Waals surface area contributed by atoms with Gasteiger partial charge in [0.1, 0.15) is 26.2 Å². The first-order valence-corrected chi connectivity index (χ1v) is 29.8. The SMILES string of the molecule is Fc1cc(-c2cc(-c3cc(F)c(F)c(F)c3)cc(-c3cc4ccccc4c4c3C[N+]3(Cc5ccc6ccccc6c5-c5c(ccc6ccccc56)C3)Cc3c(-c5cc(-c6cc(F)c(F)c(F)c6)cc(-c6cc(F)c(F)c(F)c6)c5)cc5ccccc5c3-4)c2)cc(F)c1F. The van der Waals surface area contributed by atoms with Crippen LogP contribution in [0.1, 0.15) is 22.3 Å². The molecule has 0 unspecified atom stereocenters. The first kappa shape index (κ1) is 57.4. The maximum atomic E-state index is 15.5. The third-order valence-corrected chi connectivity index (χ3v) is 18.6. The first-order chi connectivity index (χ1) is 44.9. The normalized spacial score (nSPS) is 13.3. The second-order valence-electron chi connectivity index (χ2n) is 24.2. The van der Waals surface area contributed by atoms with Gasteiger partial charge in [-0.15, -0.1) is 0 Å². The number of benzene rings is 14. The lowest BCUT2D eigenvalue weighted by atomic mass is 9.81. The summed E-state index contributed by atoms with van der Waals surface area (Å²) in [6, 6.07) is 60.3. The summed E-state index contributed by atoms with van der Waals surface area (Å²) >= 11 is 0. The molecule has 0 atom stereocenters. The Bertz CT molecular complexity index is 4990. The fourth-order valence-corrected chi connectivity index (χ4v) is 14.5. The van der Waals surface area contributed by atoms with Crippen LogP contribution in [0.25, 0.3) is 132 Å². The lowest BCUT2D eigenvalue weighted by Gasteiger charge is -2.39. The standard InChI is InChI=1S/C80H44F12N/c81-65-29-51(30-66(82)77(65)89)47-21-48(52-31-67(83)78(90)68(84)32-52)24-55(23-47)61-27-43-11-3-7-15-59(43)75-63(61)39-93(37-45-19-17-41-9-1-5-13-57(41)73(45)74-46(38-93)20-18-42-10-2-6-14-58(42)74)40-64-62(28-44-12-4-8-16-60(44)76(64)75)56-25-49(53-33-69(85)79(91)70(86)34-53)22-50(26-56)54-35-71(87)80(92)72(88)36-54/h1-36H,37-40H2/q+1. The number of hydrogen-bond acceptors (Lipinski definition) is 0. The van der Waals surface area contributed by atoms with E-state index >= 15 is 35.1 Å². The van der Waals surface area contributed by atoms with E-state index in [1.54, 1.807) is 24.3 Å². The molecule has 0 aromatic heterocycles. The van der Waals surface area contributed by atoms with E-state index in [1.165, 1.54) is 12.1 Å². The molecule has 0 aliphatic carbocycles. The van der Waals surface area contributed by atoms with Crippen LogP contribution in [0.3, 0.4) is 0 Å². The van der Waals surface area contributed by atoms with Crippen LogP contribution >= 0.6 is 0 Å². The largest absolute Gasteiger partial charge is 0.309 e. The average Bonchev–Trinajstić information content (AvgIpc) is 1.48. The second kappa shape index (κ2) is 21.7. The van der Waals surface area contributed by atoms with Gasteiger partial charge in [0.2, 0.25) is 0 Å². The fourth-order valence-electron chi connectivity index (χ4n) is 14.5. The van der Waals surface area contributed by atoms with Gasteiger partial charge in [0, 0.05) is 33.4 Å². The van der Waals surface area contributed by atoms with Crippen LogP contribution in [0.4, 0.5) is 52.7 Å². The highest BCUT2D eigenvalue weighted by molar-refractivity contribution is 6.13. The van der Waals surface area contributed by atoms with Gasteiger partial charge < -0.3 is 4.48 Å². The molecule has 0 radical (unpaired) electrons. The summed E-state index contributed by atoms with van der Waals surface area (Å²) in [5.74, 6) is -18.8. The predicted octanol–water partition coefficient (Wildman–Crippen LogP) is 22.8. The van der Waals surface area contributed by atoms with Gasteiger partial charge in [-0.05, 0) is 218 Å². The molecule has 14 aromatic carbocycles. The van der Waals surface area contributed by atoms with Crippen molar-refractivity contribution in [2.75, 3.05) is 0 Å². The summed E-state index contributed by atoms with van der Waals surface area (Å²) in [7, 11) is 0. The van der Waals surface area contributed by atoms with Gasteiger partial charge in [0.25, 0.3) is 0 Å². The Labute approximate surface area is 523 Å². The number of hydrogen-bond donors (Lipinski definition) is 0. The van der Waals surface area contributed by atoms with E-state index in [0.29, 0.717) is 46.1 Å². The number of halogens is 12. The van der Waals surface area contributed by atoms with Crippen LogP contribution in [-0.4, -0.2) is 4.48 Å². The zero-order valence-corrected chi connectivity index (χ0v) is 48.6. The third-order valence-electron chi connectivity index (χ3n) is 18.6. The molecule has 93 heavy (non-hydrogen) atoms. The molecule has 1 spiro atoms. The van der Waals surface area contributed by atoms with E-state index < -0.39 is 69.8 Å². The lowest BCUT2D eigenvalue weighted by Crippen LogP contribution is -2.44. The maximum Gasteiger partial charge on any atom is 0.194 e. The molecular formula is C80H44F12N+. The van der Waals surface area contributed by atoms with Crippen molar-refractivity contribution in [3.05, 3.63) is 310 Å². The van der Waals surface area contributed by atoms with E-state index in [0.717, 1.165) is 125 Å². The summed E-state index contributed by atoms with van der Waals surface area (Å²) in [6.07, 6.45) is 0. The summed E-state index contributed by atoms with van der Waals surface area (Å²) in [6.45, 7) is 1.18. The average molecular weight is 1250 g/mol. The van der Waals surface area contributed by atoms with Gasteiger partial charge in [-0.3, -0.25) is 0 Å². The Morgan fingerprint density at radius 1 is 0.215 bits per heavy atom. The molecule has 0 saturated heterocycles. The molecule has 14 aromatic rings. The van der Waals surface area contributed by atoms with Gasteiger partial charge in [-0.25, -0.2) is 52.7 Å². The molecule has 0 N–H and O–H groups in total. The van der Waals surface area contributed by atoms with E-state index in [2.05, 4.69) is 48.5 Å². The Morgan fingerprint density at radius 3 is 0.763 bits per heavy atom. The molecule has 452 valence electrons. The van der Waals surface area contributed by atoms with Gasteiger partial charge >= 0.3 is 0 Å². The highest BCUT2D eigenvalue weighted by atomic mass is 19.2. The molecule has 0 saturated carbocycles. The molecule has 2 aliphatic rings. The van der Waals surface area contributed by atoms with Crippen LogP contribution < -0.4 is 0 Å². The molecule has 0 fully saturated rings. The monoisotopic (exact) mass is 1250 g/mol. The second-order valence-corrected chi connectivity index (χ2v) is 24.2. The molecular weight excluding hydrogens is 1200 g/mol. The van der Waals surface area contributed by atoms with Gasteiger partial charge in [-0.1, -0.05) is 121 Å². The minimum Gasteiger partial charge on any atom is -0.309 e. The van der Waals surface area contributed by atoms with Crippen molar-refractivity contribution in [3.8, 4) is 89.0 Å². The van der Waals surface area contributed by atoms with Gasteiger partial charge in [-0.2, -0.15) is 0 Å². The Kier molecular flexibility index (Phi) is 13.4. The zero-order valence-electron chi connectivity index (χ0n) is 48.6. The fraction of sp³-hybridized carbons (Fsp3) is 0.0500.